The zero-order valence-electron chi connectivity index (χ0n) is 26.0. The van der Waals surface area contributed by atoms with E-state index in [-0.39, 0.29) is 17.5 Å². The Bertz CT molecular complexity index is 1600. The summed E-state index contributed by atoms with van der Waals surface area (Å²) in [5.41, 5.74) is 5.71. The molecule has 12 heteroatoms. The Hall–Kier alpha value is -4.39. The minimum atomic E-state index is -0.0868. The topological polar surface area (TPSA) is 126 Å². The Morgan fingerprint density at radius 1 is 0.978 bits per heavy atom. The van der Waals surface area contributed by atoms with Crippen LogP contribution in [0.3, 0.4) is 0 Å². The van der Waals surface area contributed by atoms with Crippen molar-refractivity contribution >= 4 is 11.0 Å². The van der Waals surface area contributed by atoms with Gasteiger partial charge in [0.25, 0.3) is 0 Å². The number of hydrogen-bond donors (Lipinski definition) is 1. The molecule has 3 aliphatic rings. The fourth-order valence-electron chi connectivity index (χ4n) is 5.63. The lowest BCUT2D eigenvalue weighted by atomic mass is 10.1. The van der Waals surface area contributed by atoms with E-state index in [2.05, 4.69) is 49.2 Å². The lowest BCUT2D eigenvalue weighted by molar-refractivity contribution is 0.0299. The standard InChI is InChI=1S/C34H41N7O5/c42-32-20-33(27-9-5-2-6-10-27)46-34-19-30(11-12-31(32)34)45-18-17-44-16-15-43-14-13-41-25-29(37-39-41)24-40(23-28-21-35-38-36-28)22-26-7-3-1-4-8-26/h2-3,5-12,19-20,28-29H,1,4,13-18,21-25H2,(H,35,36). The Kier molecular flexibility index (Phi) is 11.2. The smallest absolute Gasteiger partial charge is 0.193 e. The molecule has 0 saturated heterocycles. The van der Waals surface area contributed by atoms with Crippen molar-refractivity contribution in [3.8, 4) is 17.1 Å². The normalized spacial score (nSPS) is 18.9. The van der Waals surface area contributed by atoms with E-state index in [1.807, 2.05) is 35.3 Å². The highest BCUT2D eigenvalue weighted by Gasteiger charge is 2.25. The van der Waals surface area contributed by atoms with Crippen molar-refractivity contribution in [2.75, 3.05) is 72.3 Å². The fourth-order valence-corrected chi connectivity index (χ4v) is 5.63. The lowest BCUT2D eigenvalue weighted by Crippen LogP contribution is -2.43. The van der Waals surface area contributed by atoms with E-state index < -0.39 is 0 Å². The van der Waals surface area contributed by atoms with Gasteiger partial charge in [-0.3, -0.25) is 20.1 Å². The zero-order valence-corrected chi connectivity index (χ0v) is 26.0. The van der Waals surface area contributed by atoms with Gasteiger partial charge in [-0.25, -0.2) is 0 Å². The molecule has 1 aliphatic carbocycles. The predicted octanol–water partition coefficient (Wildman–Crippen LogP) is 4.84. The van der Waals surface area contributed by atoms with Gasteiger partial charge in [0.15, 0.2) is 5.43 Å². The molecule has 242 valence electrons. The molecule has 0 bridgehead atoms. The number of hydrogen-bond acceptors (Lipinski definition) is 12. The summed E-state index contributed by atoms with van der Waals surface area (Å²) in [7, 11) is 0. The molecule has 1 N–H and O–H groups in total. The number of rotatable bonds is 17. The maximum Gasteiger partial charge on any atom is 0.193 e. The van der Waals surface area contributed by atoms with E-state index >= 15 is 0 Å². The quantitative estimate of drug-likeness (QED) is 0.211. The van der Waals surface area contributed by atoms with Gasteiger partial charge in [-0.2, -0.15) is 10.2 Å². The average Bonchev–Trinajstić information content (AvgIpc) is 3.77. The van der Waals surface area contributed by atoms with Crippen molar-refractivity contribution in [3.63, 3.8) is 0 Å². The number of allylic oxidation sites excluding steroid dienone is 2. The monoisotopic (exact) mass is 627 g/mol. The molecule has 2 aromatic carbocycles. The molecule has 3 aromatic rings. The molecule has 12 nitrogen and oxygen atoms in total. The first-order valence-electron chi connectivity index (χ1n) is 16.0. The summed E-state index contributed by atoms with van der Waals surface area (Å²) >= 11 is 0. The molecule has 0 fully saturated rings. The maximum atomic E-state index is 12.6. The molecule has 6 rings (SSSR count). The van der Waals surface area contributed by atoms with Crippen LogP contribution in [0, 0.1) is 0 Å². The molecular weight excluding hydrogens is 586 g/mol. The summed E-state index contributed by atoms with van der Waals surface area (Å²) < 4.78 is 23.3. The third-order valence-corrected chi connectivity index (χ3v) is 7.92. The largest absolute Gasteiger partial charge is 0.491 e. The Morgan fingerprint density at radius 3 is 2.67 bits per heavy atom. The Balaban J connectivity index is 0.847. The molecule has 0 saturated carbocycles. The second-order valence-electron chi connectivity index (χ2n) is 11.5. The number of nitrogens with one attached hydrogen (secondary N) is 1. The van der Waals surface area contributed by atoms with E-state index in [1.165, 1.54) is 11.6 Å². The van der Waals surface area contributed by atoms with E-state index in [9.17, 15) is 4.79 Å². The van der Waals surface area contributed by atoms with Crippen molar-refractivity contribution in [1.29, 1.82) is 0 Å². The molecule has 2 aliphatic heterocycles. The van der Waals surface area contributed by atoms with Gasteiger partial charge < -0.3 is 18.6 Å². The van der Waals surface area contributed by atoms with Gasteiger partial charge in [-0.05, 0) is 30.5 Å². The van der Waals surface area contributed by atoms with Crippen molar-refractivity contribution in [2.24, 2.45) is 20.7 Å². The first kappa shape index (κ1) is 31.6. The predicted molar refractivity (Wildman–Crippen MR) is 175 cm³/mol. The molecule has 1 aromatic heterocycles. The van der Waals surface area contributed by atoms with Crippen LogP contribution in [0.15, 0.2) is 108 Å². The highest BCUT2D eigenvalue weighted by Crippen LogP contribution is 2.25. The van der Waals surface area contributed by atoms with Crippen LogP contribution in [0.5, 0.6) is 5.75 Å². The number of ether oxygens (including phenoxy) is 3. The van der Waals surface area contributed by atoms with Gasteiger partial charge in [0.2, 0.25) is 0 Å². The number of fused-ring (bicyclic) bond motifs is 1. The molecule has 0 amide bonds. The lowest BCUT2D eigenvalue weighted by Gasteiger charge is -2.27. The summed E-state index contributed by atoms with van der Waals surface area (Å²) in [4.78, 5) is 15.0. The number of benzene rings is 2. The maximum absolute atomic E-state index is 12.6. The first-order valence-corrected chi connectivity index (χ1v) is 16.0. The van der Waals surface area contributed by atoms with Gasteiger partial charge in [-0.15, -0.1) is 0 Å². The Labute approximate surface area is 268 Å². The third-order valence-electron chi connectivity index (χ3n) is 7.92. The molecule has 3 heterocycles. The molecule has 0 spiro atoms. The van der Waals surface area contributed by atoms with Crippen LogP contribution in [-0.4, -0.2) is 94.3 Å². The van der Waals surface area contributed by atoms with Crippen molar-refractivity contribution in [2.45, 2.75) is 24.9 Å². The molecule has 0 radical (unpaired) electrons. The van der Waals surface area contributed by atoms with Crippen LogP contribution in [0.2, 0.25) is 0 Å². The zero-order chi connectivity index (χ0) is 31.4. The van der Waals surface area contributed by atoms with E-state index in [0.29, 0.717) is 68.6 Å². The summed E-state index contributed by atoms with van der Waals surface area (Å²) in [5.74, 6) is 1.14. The van der Waals surface area contributed by atoms with Crippen LogP contribution in [0.1, 0.15) is 12.8 Å². The summed E-state index contributed by atoms with van der Waals surface area (Å²) in [5, 5.41) is 19.4. The highest BCUT2D eigenvalue weighted by atomic mass is 16.5. The van der Waals surface area contributed by atoms with E-state index in [0.717, 1.165) is 44.6 Å². The van der Waals surface area contributed by atoms with Crippen LogP contribution in [0.4, 0.5) is 0 Å². The fraction of sp³-hybridized carbons (Fsp3) is 0.441. The molecule has 2 unspecified atom stereocenters. The summed E-state index contributed by atoms with van der Waals surface area (Å²) in [6.07, 6.45) is 9.03. The van der Waals surface area contributed by atoms with Gasteiger partial charge in [-0.1, -0.05) is 59.0 Å². The van der Waals surface area contributed by atoms with Gasteiger partial charge in [0.05, 0.1) is 57.5 Å². The SMILES string of the molecule is O=c1cc(-c2ccccc2)oc2cc(OCCOCCOCCN3CC(CN(CC4=CCCC=C4)CC4CN=NN4)N=N3)ccc12. The van der Waals surface area contributed by atoms with Crippen molar-refractivity contribution in [1.82, 2.24) is 15.3 Å². The van der Waals surface area contributed by atoms with Crippen molar-refractivity contribution in [3.05, 3.63) is 88.6 Å². The van der Waals surface area contributed by atoms with Gasteiger partial charge >= 0.3 is 0 Å². The minimum absolute atomic E-state index is 0.0868. The minimum Gasteiger partial charge on any atom is -0.491 e. The third kappa shape index (κ3) is 9.09. The average molecular weight is 628 g/mol. The first-order chi connectivity index (χ1) is 22.7. The highest BCUT2D eigenvalue weighted by molar-refractivity contribution is 5.80. The second-order valence-corrected chi connectivity index (χ2v) is 11.5. The summed E-state index contributed by atoms with van der Waals surface area (Å²) in [6.45, 7) is 7.06. The molecule has 2 atom stereocenters. The van der Waals surface area contributed by atoms with E-state index in [4.69, 9.17) is 18.6 Å². The second kappa shape index (κ2) is 16.3. The van der Waals surface area contributed by atoms with Crippen LogP contribution >= 0.6 is 0 Å². The van der Waals surface area contributed by atoms with Gasteiger partial charge in [0, 0.05) is 37.3 Å². The van der Waals surface area contributed by atoms with Crippen molar-refractivity contribution < 1.29 is 18.6 Å². The Morgan fingerprint density at radius 2 is 1.85 bits per heavy atom. The van der Waals surface area contributed by atoms with E-state index in [1.54, 1.807) is 18.2 Å². The summed E-state index contributed by atoms with van der Waals surface area (Å²) in [6, 6.07) is 16.7. The molecule has 46 heavy (non-hydrogen) atoms. The van der Waals surface area contributed by atoms with Crippen LogP contribution < -0.4 is 15.6 Å². The number of nitrogens with zero attached hydrogens (tertiary/aromatic N) is 6. The van der Waals surface area contributed by atoms with Crippen LogP contribution in [-0.2, 0) is 9.47 Å². The van der Waals surface area contributed by atoms with Crippen LogP contribution in [0.25, 0.3) is 22.3 Å². The molecular formula is C34H41N7O5. The van der Waals surface area contributed by atoms with Gasteiger partial charge in [0.1, 0.15) is 29.7 Å².